The Labute approximate surface area is 227 Å². The predicted octanol–water partition coefficient (Wildman–Crippen LogP) is 2.97. The molecule has 2 fully saturated rings. The largest absolute Gasteiger partial charge is 0.375 e. The van der Waals surface area contributed by atoms with E-state index in [2.05, 4.69) is 5.32 Å². The van der Waals surface area contributed by atoms with Crippen LogP contribution >= 0.6 is 0 Å². The topological polar surface area (TPSA) is 85.4 Å². The van der Waals surface area contributed by atoms with E-state index in [9.17, 15) is 23.2 Å². The Hall–Kier alpha value is -3.57. The second-order valence-electron chi connectivity index (χ2n) is 10.0. The summed E-state index contributed by atoms with van der Waals surface area (Å²) in [5.41, 5.74) is 1.41. The number of carbonyl (C=O) groups excluding carboxylic acids is 3. The maximum absolute atomic E-state index is 13.6. The molecule has 2 saturated heterocycles. The number of benzene rings is 2. The molecule has 0 aliphatic carbocycles. The van der Waals surface area contributed by atoms with Crippen LogP contribution in [-0.2, 0) is 27.5 Å². The maximum atomic E-state index is 13.6. The van der Waals surface area contributed by atoms with E-state index in [1.165, 1.54) is 29.3 Å². The SMILES string of the molecule is CCC(C)[C@H]1C(=O)N(CCOCc2cccc(F)c2)C[C@H]2N1C(=O)CN(C)N2C(=O)NCc1ccc(F)cc1. The van der Waals surface area contributed by atoms with Crippen molar-refractivity contribution in [2.24, 2.45) is 5.92 Å². The third-order valence-corrected chi connectivity index (χ3v) is 7.28. The van der Waals surface area contributed by atoms with Gasteiger partial charge in [-0.15, -0.1) is 0 Å². The summed E-state index contributed by atoms with van der Waals surface area (Å²) in [4.78, 5) is 43.4. The molecule has 3 atom stereocenters. The predicted molar refractivity (Wildman–Crippen MR) is 140 cm³/mol. The molecule has 9 nitrogen and oxygen atoms in total. The Morgan fingerprint density at radius 2 is 1.85 bits per heavy atom. The molecule has 0 bridgehead atoms. The molecule has 11 heteroatoms. The Bertz CT molecular complexity index is 1180. The zero-order chi connectivity index (χ0) is 28.1. The molecule has 0 saturated carbocycles. The molecule has 1 unspecified atom stereocenters. The van der Waals surface area contributed by atoms with Crippen molar-refractivity contribution < 1.29 is 27.9 Å². The van der Waals surface area contributed by atoms with E-state index in [0.717, 1.165) is 5.56 Å². The third-order valence-electron chi connectivity index (χ3n) is 7.28. The number of hydrazine groups is 1. The van der Waals surface area contributed by atoms with E-state index in [4.69, 9.17) is 4.74 Å². The number of nitrogens with zero attached hydrogens (tertiary/aromatic N) is 4. The molecule has 0 aromatic heterocycles. The van der Waals surface area contributed by atoms with Gasteiger partial charge in [0.25, 0.3) is 0 Å². The minimum Gasteiger partial charge on any atom is -0.375 e. The lowest BCUT2D eigenvalue weighted by Gasteiger charge is -2.55. The number of nitrogens with one attached hydrogen (secondary N) is 1. The van der Waals surface area contributed by atoms with Crippen LogP contribution in [0.15, 0.2) is 48.5 Å². The van der Waals surface area contributed by atoms with E-state index < -0.39 is 18.2 Å². The summed E-state index contributed by atoms with van der Waals surface area (Å²) >= 11 is 0. The van der Waals surface area contributed by atoms with Crippen LogP contribution in [0.5, 0.6) is 0 Å². The van der Waals surface area contributed by atoms with Crippen LogP contribution in [0.4, 0.5) is 13.6 Å². The van der Waals surface area contributed by atoms with E-state index in [-0.39, 0.29) is 68.8 Å². The Kier molecular flexibility index (Phi) is 9.13. The molecule has 2 aromatic rings. The van der Waals surface area contributed by atoms with Gasteiger partial charge in [0, 0.05) is 20.1 Å². The Morgan fingerprint density at radius 3 is 2.54 bits per heavy atom. The molecule has 2 heterocycles. The van der Waals surface area contributed by atoms with Gasteiger partial charge in [0.05, 0.1) is 26.3 Å². The van der Waals surface area contributed by atoms with Crippen molar-refractivity contribution in [3.05, 3.63) is 71.3 Å². The molecular weight excluding hydrogens is 508 g/mol. The standard InChI is InChI=1S/C28H35F2N5O4/c1-4-19(2)26-27(37)33(12-13-39-18-21-6-5-7-23(30)14-21)16-24-34(26)25(36)17-32(3)35(24)28(38)31-15-20-8-10-22(29)11-9-20/h5-11,14,19,24,26H,4,12-13,15-18H2,1-3H3,(H,31,38)/t19?,24-,26-/m0/s1. The van der Waals surface area contributed by atoms with Crippen LogP contribution in [0.2, 0.25) is 0 Å². The number of amides is 4. The first-order chi connectivity index (χ1) is 18.7. The number of hydrogen-bond donors (Lipinski definition) is 1. The summed E-state index contributed by atoms with van der Waals surface area (Å²) in [6.45, 7) is 4.80. The van der Waals surface area contributed by atoms with E-state index >= 15 is 0 Å². The molecule has 4 amide bonds. The second-order valence-corrected chi connectivity index (χ2v) is 10.0. The number of ether oxygens (including phenoxy) is 1. The molecule has 210 valence electrons. The lowest BCUT2D eigenvalue weighted by molar-refractivity contribution is -0.190. The van der Waals surface area contributed by atoms with Gasteiger partial charge < -0.3 is 19.9 Å². The van der Waals surface area contributed by atoms with Crippen molar-refractivity contribution >= 4 is 17.8 Å². The van der Waals surface area contributed by atoms with Gasteiger partial charge in [0.2, 0.25) is 11.8 Å². The normalized spacial score (nSPS) is 20.7. The quantitative estimate of drug-likeness (QED) is 0.492. The minimum atomic E-state index is -0.717. The van der Waals surface area contributed by atoms with E-state index in [0.29, 0.717) is 12.0 Å². The summed E-state index contributed by atoms with van der Waals surface area (Å²) in [5.74, 6) is -1.24. The summed E-state index contributed by atoms with van der Waals surface area (Å²) < 4.78 is 32.5. The minimum absolute atomic E-state index is 0.0442. The monoisotopic (exact) mass is 543 g/mol. The van der Waals surface area contributed by atoms with Gasteiger partial charge in [-0.25, -0.2) is 23.6 Å². The van der Waals surface area contributed by atoms with Crippen molar-refractivity contribution in [3.8, 4) is 0 Å². The summed E-state index contributed by atoms with van der Waals surface area (Å²) in [6.07, 6.45) is -0.0342. The Balaban J connectivity index is 1.49. The number of piperazine rings is 1. The number of hydrogen-bond acceptors (Lipinski definition) is 5. The van der Waals surface area contributed by atoms with Crippen LogP contribution in [0.1, 0.15) is 31.4 Å². The molecule has 2 aliphatic heterocycles. The molecule has 0 radical (unpaired) electrons. The highest BCUT2D eigenvalue weighted by atomic mass is 19.1. The van der Waals surface area contributed by atoms with Crippen molar-refractivity contribution in [3.63, 3.8) is 0 Å². The average molecular weight is 544 g/mol. The summed E-state index contributed by atoms with van der Waals surface area (Å²) in [7, 11) is 1.66. The molecule has 39 heavy (non-hydrogen) atoms. The first-order valence-corrected chi connectivity index (χ1v) is 13.1. The van der Waals surface area contributed by atoms with E-state index in [1.807, 2.05) is 13.8 Å². The number of likely N-dealkylation sites (N-methyl/N-ethyl adjacent to an activating group) is 1. The van der Waals surface area contributed by atoms with Crippen molar-refractivity contribution in [1.82, 2.24) is 25.1 Å². The van der Waals surface area contributed by atoms with Crippen LogP contribution in [0.25, 0.3) is 0 Å². The fourth-order valence-electron chi connectivity index (χ4n) is 5.05. The van der Waals surface area contributed by atoms with Crippen LogP contribution in [0, 0.1) is 17.6 Å². The lowest BCUT2D eigenvalue weighted by atomic mass is 9.92. The van der Waals surface area contributed by atoms with Gasteiger partial charge in [-0.3, -0.25) is 9.59 Å². The number of rotatable bonds is 9. The molecule has 1 N–H and O–H groups in total. The zero-order valence-corrected chi connectivity index (χ0v) is 22.5. The molecule has 4 rings (SSSR count). The maximum Gasteiger partial charge on any atom is 0.334 e. The highest BCUT2D eigenvalue weighted by Crippen LogP contribution is 2.30. The molecule has 2 aliphatic rings. The summed E-state index contributed by atoms with van der Waals surface area (Å²) in [6, 6.07) is 10.8. The smallest absolute Gasteiger partial charge is 0.334 e. The second kappa shape index (κ2) is 12.5. The number of carbonyl (C=O) groups is 3. The Morgan fingerprint density at radius 1 is 1.10 bits per heavy atom. The van der Waals surface area contributed by atoms with Gasteiger partial charge in [0.15, 0.2) is 0 Å². The van der Waals surface area contributed by atoms with Gasteiger partial charge >= 0.3 is 6.03 Å². The molecular formula is C28H35F2N5O4. The van der Waals surface area contributed by atoms with Crippen molar-refractivity contribution in [1.29, 1.82) is 0 Å². The highest BCUT2D eigenvalue weighted by Gasteiger charge is 2.51. The average Bonchev–Trinajstić information content (AvgIpc) is 2.91. The fraction of sp³-hybridized carbons (Fsp3) is 0.464. The van der Waals surface area contributed by atoms with Gasteiger partial charge in [-0.1, -0.05) is 44.5 Å². The first kappa shape index (κ1) is 28.4. The zero-order valence-electron chi connectivity index (χ0n) is 22.5. The first-order valence-electron chi connectivity index (χ1n) is 13.1. The number of fused-ring (bicyclic) bond motifs is 1. The summed E-state index contributed by atoms with van der Waals surface area (Å²) in [5, 5.41) is 5.89. The highest BCUT2D eigenvalue weighted by molar-refractivity contribution is 5.91. The van der Waals surface area contributed by atoms with Crippen molar-refractivity contribution in [2.45, 2.75) is 45.6 Å². The van der Waals surface area contributed by atoms with Crippen molar-refractivity contribution in [2.75, 3.05) is 33.3 Å². The van der Waals surface area contributed by atoms with Gasteiger partial charge in [0.1, 0.15) is 23.8 Å². The van der Waals surface area contributed by atoms with Crippen LogP contribution in [0.3, 0.4) is 0 Å². The third kappa shape index (κ3) is 6.54. The number of urea groups is 1. The van der Waals surface area contributed by atoms with E-state index in [1.54, 1.807) is 46.1 Å². The fourth-order valence-corrected chi connectivity index (χ4v) is 5.05. The van der Waals surface area contributed by atoms with Gasteiger partial charge in [-0.05, 0) is 41.3 Å². The van der Waals surface area contributed by atoms with Crippen LogP contribution < -0.4 is 5.32 Å². The van der Waals surface area contributed by atoms with Gasteiger partial charge in [-0.2, -0.15) is 0 Å². The molecule has 0 spiro atoms. The lowest BCUT2D eigenvalue weighted by Crippen LogP contribution is -2.76. The molecule has 2 aromatic carbocycles. The van der Waals surface area contributed by atoms with Crippen LogP contribution in [-0.4, -0.2) is 83.2 Å². The number of halogens is 2.